The lowest BCUT2D eigenvalue weighted by molar-refractivity contribution is -0.134. The number of carbonyl (C=O) groups is 1. The third-order valence-corrected chi connectivity index (χ3v) is 5.58. The van der Waals surface area contributed by atoms with E-state index < -0.39 is 0 Å². The summed E-state index contributed by atoms with van der Waals surface area (Å²) in [5.74, 6) is 2.44. The first-order valence-electron chi connectivity index (χ1n) is 9.88. The molecule has 6 heteroatoms. The van der Waals surface area contributed by atoms with E-state index in [0.29, 0.717) is 24.5 Å². The molecular formula is C23H30N2O4. The molecule has 1 aliphatic rings. The molecule has 1 aliphatic heterocycles. The molecule has 0 aliphatic carbocycles. The van der Waals surface area contributed by atoms with Crippen molar-refractivity contribution in [3.05, 3.63) is 53.6 Å². The summed E-state index contributed by atoms with van der Waals surface area (Å²) in [4.78, 5) is 17.1. The summed E-state index contributed by atoms with van der Waals surface area (Å²) in [6, 6.07) is 14.0. The number of hydrogen-bond donors (Lipinski definition) is 0. The van der Waals surface area contributed by atoms with Crippen LogP contribution in [0, 0.1) is 0 Å². The van der Waals surface area contributed by atoms with E-state index in [1.165, 1.54) is 0 Å². The van der Waals surface area contributed by atoms with Crippen LogP contribution in [0.5, 0.6) is 17.2 Å². The van der Waals surface area contributed by atoms with Crippen LogP contribution in [0.1, 0.15) is 23.6 Å². The van der Waals surface area contributed by atoms with Crippen molar-refractivity contribution in [2.45, 2.75) is 18.9 Å². The Kier molecular flexibility index (Phi) is 6.99. The Morgan fingerprint density at radius 2 is 1.69 bits per heavy atom. The van der Waals surface area contributed by atoms with Gasteiger partial charge in [-0.1, -0.05) is 18.2 Å². The molecule has 2 aromatic carbocycles. The van der Waals surface area contributed by atoms with Crippen molar-refractivity contribution >= 4 is 5.91 Å². The van der Waals surface area contributed by atoms with Crippen LogP contribution in [0.2, 0.25) is 0 Å². The maximum absolute atomic E-state index is 12.8. The highest BCUT2D eigenvalue weighted by molar-refractivity contribution is 5.76. The lowest BCUT2D eigenvalue weighted by Crippen LogP contribution is -2.49. The Bertz CT molecular complexity index is 822. The van der Waals surface area contributed by atoms with Crippen LogP contribution < -0.4 is 14.2 Å². The maximum atomic E-state index is 12.8. The second-order valence-corrected chi connectivity index (χ2v) is 7.30. The molecule has 0 saturated carbocycles. The van der Waals surface area contributed by atoms with E-state index >= 15 is 0 Å². The number of benzene rings is 2. The summed E-state index contributed by atoms with van der Waals surface area (Å²) in [6.07, 6.45) is 1.24. The van der Waals surface area contributed by atoms with Crippen LogP contribution in [0.3, 0.4) is 0 Å². The second-order valence-electron chi connectivity index (χ2n) is 7.30. The van der Waals surface area contributed by atoms with Gasteiger partial charge in [0.25, 0.3) is 0 Å². The van der Waals surface area contributed by atoms with Crippen molar-refractivity contribution in [3.8, 4) is 17.2 Å². The van der Waals surface area contributed by atoms with E-state index in [2.05, 4.69) is 11.9 Å². The molecule has 0 N–H and O–H groups in total. The SMILES string of the molecule is COc1ccc(CCC(=O)N2CCN(C)C(c3ccc(OC)c(OC)c3)C2)cc1. The molecule has 0 radical (unpaired) electrons. The molecule has 1 amide bonds. The summed E-state index contributed by atoms with van der Waals surface area (Å²) < 4.78 is 16.0. The molecular weight excluding hydrogens is 368 g/mol. The van der Waals surface area contributed by atoms with Crippen molar-refractivity contribution in [3.63, 3.8) is 0 Å². The fraction of sp³-hybridized carbons (Fsp3) is 0.435. The van der Waals surface area contributed by atoms with Gasteiger partial charge in [0, 0.05) is 26.1 Å². The van der Waals surface area contributed by atoms with Crippen LogP contribution in [0.25, 0.3) is 0 Å². The fourth-order valence-electron chi connectivity index (χ4n) is 3.72. The lowest BCUT2D eigenvalue weighted by Gasteiger charge is -2.40. The minimum Gasteiger partial charge on any atom is -0.497 e. The highest BCUT2D eigenvalue weighted by Crippen LogP contribution is 2.33. The zero-order chi connectivity index (χ0) is 20.8. The van der Waals surface area contributed by atoms with Gasteiger partial charge < -0.3 is 19.1 Å². The first-order valence-corrected chi connectivity index (χ1v) is 9.88. The molecule has 156 valence electrons. The zero-order valence-electron chi connectivity index (χ0n) is 17.7. The second kappa shape index (κ2) is 9.65. The molecule has 2 aromatic rings. The van der Waals surface area contributed by atoms with E-state index in [0.717, 1.165) is 36.4 Å². The Hall–Kier alpha value is -2.73. The Labute approximate surface area is 173 Å². The molecule has 0 bridgehead atoms. The third-order valence-electron chi connectivity index (χ3n) is 5.58. The van der Waals surface area contributed by atoms with E-state index in [1.807, 2.05) is 47.4 Å². The number of piperazine rings is 1. The van der Waals surface area contributed by atoms with Crippen molar-refractivity contribution in [1.29, 1.82) is 0 Å². The largest absolute Gasteiger partial charge is 0.497 e. The summed E-state index contributed by atoms with van der Waals surface area (Å²) in [6.45, 7) is 2.27. The van der Waals surface area contributed by atoms with Crippen molar-refractivity contribution < 1.29 is 19.0 Å². The van der Waals surface area contributed by atoms with Crippen molar-refractivity contribution in [2.75, 3.05) is 48.0 Å². The molecule has 1 atom stereocenters. The van der Waals surface area contributed by atoms with Gasteiger partial charge >= 0.3 is 0 Å². The summed E-state index contributed by atoms with van der Waals surface area (Å²) in [7, 11) is 7.02. The number of nitrogens with zero attached hydrogens (tertiary/aromatic N) is 2. The number of methoxy groups -OCH3 is 3. The molecule has 29 heavy (non-hydrogen) atoms. The Morgan fingerprint density at radius 3 is 2.34 bits per heavy atom. The summed E-state index contributed by atoms with van der Waals surface area (Å²) in [5.41, 5.74) is 2.27. The summed E-state index contributed by atoms with van der Waals surface area (Å²) in [5, 5.41) is 0. The average Bonchev–Trinajstić information content (AvgIpc) is 2.77. The van der Waals surface area contributed by atoms with Gasteiger partial charge in [0.05, 0.1) is 27.4 Å². The van der Waals surface area contributed by atoms with Gasteiger partial charge in [-0.25, -0.2) is 0 Å². The van der Waals surface area contributed by atoms with Crippen molar-refractivity contribution in [1.82, 2.24) is 9.80 Å². The lowest BCUT2D eigenvalue weighted by atomic mass is 10.0. The Balaban J connectivity index is 1.64. The van der Waals surface area contributed by atoms with Crippen molar-refractivity contribution in [2.24, 2.45) is 0 Å². The highest BCUT2D eigenvalue weighted by atomic mass is 16.5. The van der Waals surface area contributed by atoms with Gasteiger partial charge in [-0.3, -0.25) is 9.69 Å². The molecule has 3 rings (SSSR count). The number of amides is 1. The first-order chi connectivity index (χ1) is 14.0. The zero-order valence-corrected chi connectivity index (χ0v) is 17.7. The van der Waals surface area contributed by atoms with Gasteiger partial charge in [-0.2, -0.15) is 0 Å². The quantitative estimate of drug-likeness (QED) is 0.717. The number of hydrogen-bond acceptors (Lipinski definition) is 5. The number of carbonyl (C=O) groups excluding carboxylic acids is 1. The molecule has 1 saturated heterocycles. The van der Waals surface area contributed by atoms with Crippen LogP contribution in [-0.4, -0.2) is 63.7 Å². The molecule has 1 unspecified atom stereocenters. The number of ether oxygens (including phenoxy) is 3. The number of likely N-dealkylation sites (N-methyl/N-ethyl adjacent to an activating group) is 1. The minimum atomic E-state index is 0.133. The number of rotatable bonds is 7. The van der Waals surface area contributed by atoms with Crippen LogP contribution >= 0.6 is 0 Å². The number of aryl methyl sites for hydroxylation is 1. The summed E-state index contributed by atoms with van der Waals surface area (Å²) >= 11 is 0. The smallest absolute Gasteiger partial charge is 0.223 e. The monoisotopic (exact) mass is 398 g/mol. The molecule has 6 nitrogen and oxygen atoms in total. The standard InChI is InChI=1S/C23H30N2O4/c1-24-13-14-25(23(26)12-7-17-5-9-19(27-2)10-6-17)16-20(24)18-8-11-21(28-3)22(15-18)29-4/h5-6,8-11,15,20H,7,12-14,16H2,1-4H3. The maximum Gasteiger partial charge on any atom is 0.223 e. The Morgan fingerprint density at radius 1 is 0.966 bits per heavy atom. The van der Waals surface area contributed by atoms with Gasteiger partial charge in [0.15, 0.2) is 11.5 Å². The minimum absolute atomic E-state index is 0.133. The molecule has 1 fully saturated rings. The molecule has 0 spiro atoms. The van der Waals surface area contributed by atoms with E-state index in [9.17, 15) is 4.79 Å². The van der Waals surface area contributed by atoms with Gasteiger partial charge in [-0.15, -0.1) is 0 Å². The van der Waals surface area contributed by atoms with Gasteiger partial charge in [0.2, 0.25) is 5.91 Å². The van der Waals surface area contributed by atoms with Gasteiger partial charge in [-0.05, 0) is 48.9 Å². The van der Waals surface area contributed by atoms with Gasteiger partial charge in [0.1, 0.15) is 5.75 Å². The first kappa shape index (κ1) is 21.0. The van der Waals surface area contributed by atoms with E-state index in [1.54, 1.807) is 21.3 Å². The third kappa shape index (κ3) is 5.01. The van der Waals surface area contributed by atoms with E-state index in [-0.39, 0.29) is 11.9 Å². The normalized spacial score (nSPS) is 17.1. The van der Waals surface area contributed by atoms with Crippen LogP contribution in [0.4, 0.5) is 0 Å². The predicted molar refractivity (Wildman–Crippen MR) is 113 cm³/mol. The molecule has 1 heterocycles. The predicted octanol–water partition coefficient (Wildman–Crippen LogP) is 3.16. The topological polar surface area (TPSA) is 51.2 Å². The fourth-order valence-corrected chi connectivity index (χ4v) is 3.72. The molecule has 0 aromatic heterocycles. The van der Waals surface area contributed by atoms with E-state index in [4.69, 9.17) is 14.2 Å². The van der Waals surface area contributed by atoms with Crippen LogP contribution in [-0.2, 0) is 11.2 Å². The van der Waals surface area contributed by atoms with Crippen LogP contribution in [0.15, 0.2) is 42.5 Å². The average molecular weight is 399 g/mol. The highest BCUT2D eigenvalue weighted by Gasteiger charge is 2.28.